The summed E-state index contributed by atoms with van der Waals surface area (Å²) in [7, 11) is 1.39. The van der Waals surface area contributed by atoms with Crippen molar-refractivity contribution in [2.45, 2.75) is 72.3 Å². The normalized spacial score (nSPS) is 13.7. The zero-order chi connectivity index (χ0) is 12.6. The van der Waals surface area contributed by atoms with Crippen LogP contribution in [0.25, 0.3) is 0 Å². The summed E-state index contributed by atoms with van der Waals surface area (Å²) in [5, 5.41) is 1.55. The molecule has 1 rings (SSSR count). The predicted molar refractivity (Wildman–Crippen MR) is 74.6 cm³/mol. The standard InChI is InChI=1S/C14H26NP/c1-8-9-11-10-12(13(2,3)4)16-15(11)14(5,6)7/h10H,8-9H2,1-7H3. The largest absolute Gasteiger partial charge is 0.323 e. The molecular weight excluding hydrogens is 213 g/mol. The maximum Gasteiger partial charge on any atom is 0.0399 e. The summed E-state index contributed by atoms with van der Waals surface area (Å²) < 4.78 is 2.54. The third-order valence-electron chi connectivity index (χ3n) is 2.69. The van der Waals surface area contributed by atoms with Gasteiger partial charge < -0.3 is 4.33 Å². The van der Waals surface area contributed by atoms with Gasteiger partial charge in [0.15, 0.2) is 0 Å². The molecule has 0 spiro atoms. The molecule has 0 bridgehead atoms. The van der Waals surface area contributed by atoms with Crippen molar-refractivity contribution in [3.8, 4) is 0 Å². The van der Waals surface area contributed by atoms with E-state index in [-0.39, 0.29) is 5.54 Å². The molecular formula is C14H26NP. The van der Waals surface area contributed by atoms with Crippen LogP contribution in [-0.2, 0) is 17.4 Å². The molecule has 1 nitrogen and oxygen atoms in total. The molecule has 0 aliphatic carbocycles. The Kier molecular flexibility index (Phi) is 3.90. The van der Waals surface area contributed by atoms with Crippen LogP contribution < -0.4 is 0 Å². The van der Waals surface area contributed by atoms with Crippen molar-refractivity contribution in [1.29, 1.82) is 0 Å². The summed E-state index contributed by atoms with van der Waals surface area (Å²) in [4.78, 5) is 0. The van der Waals surface area contributed by atoms with Gasteiger partial charge in [0, 0.05) is 24.9 Å². The van der Waals surface area contributed by atoms with E-state index >= 15 is 0 Å². The van der Waals surface area contributed by atoms with Crippen molar-refractivity contribution < 1.29 is 0 Å². The molecule has 0 unspecified atom stereocenters. The molecule has 0 amide bonds. The van der Waals surface area contributed by atoms with Gasteiger partial charge in [0.2, 0.25) is 0 Å². The fraction of sp³-hybridized carbons (Fsp3) is 0.786. The van der Waals surface area contributed by atoms with Crippen LogP contribution in [0.4, 0.5) is 0 Å². The highest BCUT2D eigenvalue weighted by molar-refractivity contribution is 7.27. The van der Waals surface area contributed by atoms with E-state index in [1.165, 1.54) is 26.9 Å². The second-order valence-electron chi connectivity index (χ2n) is 6.60. The minimum absolute atomic E-state index is 0.232. The van der Waals surface area contributed by atoms with Crippen molar-refractivity contribution in [3.63, 3.8) is 0 Å². The number of nitrogens with zero attached hydrogens (tertiary/aromatic N) is 1. The van der Waals surface area contributed by atoms with E-state index < -0.39 is 0 Å². The number of hydrogen-bond acceptors (Lipinski definition) is 0. The maximum absolute atomic E-state index is 2.54. The molecule has 92 valence electrons. The van der Waals surface area contributed by atoms with E-state index in [1.807, 2.05) is 0 Å². The van der Waals surface area contributed by atoms with Crippen LogP contribution in [0.5, 0.6) is 0 Å². The van der Waals surface area contributed by atoms with Crippen molar-refractivity contribution in [1.82, 2.24) is 4.33 Å². The smallest absolute Gasteiger partial charge is 0.0399 e. The molecule has 0 N–H and O–H groups in total. The molecule has 0 saturated heterocycles. The first kappa shape index (κ1) is 13.8. The van der Waals surface area contributed by atoms with Crippen LogP contribution in [0.3, 0.4) is 0 Å². The highest BCUT2D eigenvalue weighted by Gasteiger charge is 2.23. The van der Waals surface area contributed by atoms with Crippen LogP contribution in [0.2, 0.25) is 0 Å². The second-order valence-corrected chi connectivity index (χ2v) is 7.69. The van der Waals surface area contributed by atoms with Gasteiger partial charge >= 0.3 is 0 Å². The molecule has 1 heterocycles. The lowest BCUT2D eigenvalue weighted by molar-refractivity contribution is 0.416. The average Bonchev–Trinajstić information content (AvgIpc) is 2.46. The van der Waals surface area contributed by atoms with Crippen LogP contribution in [-0.4, -0.2) is 4.33 Å². The molecule has 1 aromatic rings. The molecule has 0 saturated carbocycles. The Hall–Kier alpha value is -0.290. The van der Waals surface area contributed by atoms with Crippen LogP contribution in [0.1, 0.15) is 65.9 Å². The summed E-state index contributed by atoms with van der Waals surface area (Å²) in [5.41, 5.74) is 2.04. The molecule has 16 heavy (non-hydrogen) atoms. The summed E-state index contributed by atoms with van der Waals surface area (Å²) >= 11 is 0. The Balaban J connectivity index is 3.21. The van der Waals surface area contributed by atoms with E-state index in [0.29, 0.717) is 5.41 Å². The Morgan fingerprint density at radius 2 is 1.69 bits per heavy atom. The predicted octanol–water partition coefficient (Wildman–Crippen LogP) is 5.07. The maximum atomic E-state index is 2.54. The lowest BCUT2D eigenvalue weighted by atomic mass is 9.94. The first-order valence-electron chi connectivity index (χ1n) is 6.26. The zero-order valence-corrected chi connectivity index (χ0v) is 12.8. The summed E-state index contributed by atoms with van der Waals surface area (Å²) in [5.74, 6) is 0. The van der Waals surface area contributed by atoms with Gasteiger partial charge in [0.1, 0.15) is 0 Å². The van der Waals surface area contributed by atoms with Gasteiger partial charge in [-0.2, -0.15) is 0 Å². The third-order valence-corrected chi connectivity index (χ3v) is 4.77. The highest BCUT2D eigenvalue weighted by atomic mass is 31.0. The van der Waals surface area contributed by atoms with Crippen LogP contribution in [0, 0.1) is 0 Å². The zero-order valence-electron chi connectivity index (χ0n) is 11.9. The molecule has 0 aliphatic rings. The second kappa shape index (κ2) is 4.53. The Bertz CT molecular complexity index is 350. The highest BCUT2D eigenvalue weighted by Crippen LogP contribution is 2.36. The summed E-state index contributed by atoms with van der Waals surface area (Å²) in [6, 6.07) is 2.43. The van der Waals surface area contributed by atoms with Gasteiger partial charge in [-0.1, -0.05) is 34.1 Å². The molecule has 2 heteroatoms. The average molecular weight is 239 g/mol. The molecule has 0 aliphatic heterocycles. The van der Waals surface area contributed by atoms with E-state index in [1.54, 1.807) is 5.30 Å². The van der Waals surface area contributed by atoms with E-state index in [9.17, 15) is 0 Å². The van der Waals surface area contributed by atoms with Crippen molar-refractivity contribution in [3.05, 3.63) is 17.1 Å². The van der Waals surface area contributed by atoms with Crippen molar-refractivity contribution in [2.75, 3.05) is 0 Å². The summed E-state index contributed by atoms with van der Waals surface area (Å²) in [6.45, 7) is 16.1. The minimum atomic E-state index is 0.232. The third kappa shape index (κ3) is 3.10. The van der Waals surface area contributed by atoms with Gasteiger partial charge in [-0.05, 0) is 38.7 Å². The Morgan fingerprint density at radius 3 is 2.06 bits per heavy atom. The topological polar surface area (TPSA) is 4.93 Å². The molecule has 1 aromatic heterocycles. The first-order valence-corrected chi connectivity index (χ1v) is 7.11. The molecule has 0 aromatic carbocycles. The van der Waals surface area contributed by atoms with Gasteiger partial charge in [-0.15, -0.1) is 0 Å². The molecule has 0 atom stereocenters. The van der Waals surface area contributed by atoms with Crippen LogP contribution >= 0.6 is 8.35 Å². The van der Waals surface area contributed by atoms with E-state index in [0.717, 1.165) is 0 Å². The lowest BCUT2D eigenvalue weighted by Crippen LogP contribution is -2.21. The first-order chi connectivity index (χ1) is 7.16. The number of rotatable bonds is 2. The SMILES string of the molecule is CCCc1cc(C(C)(C)C)pn1C(C)(C)C. The van der Waals surface area contributed by atoms with E-state index in [2.05, 4.69) is 58.9 Å². The van der Waals surface area contributed by atoms with Gasteiger partial charge in [-0.25, -0.2) is 0 Å². The lowest BCUT2D eigenvalue weighted by Gasteiger charge is -2.24. The van der Waals surface area contributed by atoms with Gasteiger partial charge in [0.05, 0.1) is 0 Å². The fourth-order valence-electron chi connectivity index (χ4n) is 1.80. The molecule has 0 radical (unpaired) electrons. The molecule has 0 fully saturated rings. The van der Waals surface area contributed by atoms with Gasteiger partial charge in [0.25, 0.3) is 0 Å². The fourth-order valence-corrected chi connectivity index (χ4v) is 3.11. The quantitative estimate of drug-likeness (QED) is 0.678. The number of aromatic nitrogens is 1. The van der Waals surface area contributed by atoms with Crippen molar-refractivity contribution >= 4 is 8.35 Å². The minimum Gasteiger partial charge on any atom is -0.323 e. The van der Waals surface area contributed by atoms with Crippen molar-refractivity contribution in [2.24, 2.45) is 0 Å². The van der Waals surface area contributed by atoms with Crippen LogP contribution in [0.15, 0.2) is 6.07 Å². The van der Waals surface area contributed by atoms with Gasteiger partial charge in [-0.3, -0.25) is 0 Å². The Labute approximate surface area is 102 Å². The number of aryl methyl sites for hydroxylation is 1. The van der Waals surface area contributed by atoms with E-state index in [4.69, 9.17) is 0 Å². The monoisotopic (exact) mass is 239 g/mol. The number of hydrogen-bond donors (Lipinski definition) is 0. The Morgan fingerprint density at radius 1 is 1.12 bits per heavy atom. The summed E-state index contributed by atoms with van der Waals surface area (Å²) in [6.07, 6.45) is 2.43.